The van der Waals surface area contributed by atoms with Crippen molar-refractivity contribution in [3.8, 4) is 11.5 Å². The minimum Gasteiger partial charge on any atom is -0.457 e. The van der Waals surface area contributed by atoms with Crippen LogP contribution in [0, 0.1) is 0 Å². The number of nitrogens with zero attached hydrogens (tertiary/aromatic N) is 2. The molecule has 2 atom stereocenters. The van der Waals surface area contributed by atoms with Gasteiger partial charge >= 0.3 is 0 Å². The lowest BCUT2D eigenvalue weighted by Gasteiger charge is -2.36. The van der Waals surface area contributed by atoms with E-state index in [4.69, 9.17) is 22.1 Å². The summed E-state index contributed by atoms with van der Waals surface area (Å²) in [6.45, 7) is 6.24. The zero-order valence-corrected chi connectivity index (χ0v) is 20.5. The number of halogens is 1. The number of hydrogen-bond donors (Lipinski definition) is 1. The molecule has 0 saturated heterocycles. The van der Waals surface area contributed by atoms with Crippen molar-refractivity contribution in [1.82, 2.24) is 4.90 Å². The van der Waals surface area contributed by atoms with Crippen LogP contribution in [0.2, 0.25) is 0 Å². The molecule has 0 fully saturated rings. The molecule has 3 rings (SSSR count). The number of carbonyl (C=O) groups excluding carboxylic acids is 2. The number of thiophene rings is 1. The van der Waals surface area contributed by atoms with Gasteiger partial charge in [0.1, 0.15) is 23.4 Å². The Kier molecular flexibility index (Phi) is 9.27. The molecule has 2 unspecified atom stereocenters. The lowest BCUT2D eigenvalue weighted by atomic mass is 10.1. The molecule has 0 aliphatic rings. The molecule has 3 aromatic rings. The van der Waals surface area contributed by atoms with Crippen molar-refractivity contribution >= 4 is 40.4 Å². The second-order valence-corrected chi connectivity index (χ2v) is 8.83. The monoisotopic (exact) mass is 497 g/mol. The number of rotatable bonds is 11. The van der Waals surface area contributed by atoms with E-state index in [9.17, 15) is 9.59 Å². The summed E-state index contributed by atoms with van der Waals surface area (Å²) >= 11 is 7.41. The lowest BCUT2D eigenvalue weighted by molar-refractivity contribution is -0.135. The van der Waals surface area contributed by atoms with E-state index in [-0.39, 0.29) is 30.3 Å². The SMILES string of the molecule is C=CCN(C(=O)C(c1cccs1)N(C(=O)CCl)c1ccc(Oc2ccccc2)cc1)C(C)CN. The van der Waals surface area contributed by atoms with Gasteiger partial charge < -0.3 is 15.4 Å². The van der Waals surface area contributed by atoms with Crippen molar-refractivity contribution in [2.75, 3.05) is 23.9 Å². The Labute approximate surface area is 209 Å². The fraction of sp³-hybridized carbons (Fsp3) is 0.231. The highest BCUT2D eigenvalue weighted by Gasteiger charge is 2.36. The molecule has 6 nitrogen and oxygen atoms in total. The number of nitrogens with two attached hydrogens (primary N) is 1. The summed E-state index contributed by atoms with van der Waals surface area (Å²) in [6.07, 6.45) is 1.65. The Morgan fingerprint density at radius 1 is 1.09 bits per heavy atom. The van der Waals surface area contributed by atoms with E-state index in [0.717, 1.165) is 4.88 Å². The van der Waals surface area contributed by atoms with E-state index < -0.39 is 6.04 Å². The fourth-order valence-electron chi connectivity index (χ4n) is 3.52. The predicted molar refractivity (Wildman–Crippen MR) is 139 cm³/mol. The van der Waals surface area contributed by atoms with E-state index in [1.165, 1.54) is 16.2 Å². The highest BCUT2D eigenvalue weighted by atomic mass is 35.5. The highest BCUT2D eigenvalue weighted by molar-refractivity contribution is 7.10. The number of carbonyl (C=O) groups is 2. The van der Waals surface area contributed by atoms with Crippen LogP contribution < -0.4 is 15.4 Å². The summed E-state index contributed by atoms with van der Waals surface area (Å²) in [4.78, 5) is 30.8. The molecule has 34 heavy (non-hydrogen) atoms. The van der Waals surface area contributed by atoms with Crippen molar-refractivity contribution in [2.24, 2.45) is 5.73 Å². The standard InChI is InChI=1S/C26H28ClN3O3S/c1-3-15-29(19(2)18-28)26(32)25(23-10-7-16-34-23)30(24(31)17-27)20-11-13-22(14-12-20)33-21-8-5-4-6-9-21/h3-14,16,19,25H,1,15,17-18,28H2,2H3. The largest absolute Gasteiger partial charge is 0.457 e. The van der Waals surface area contributed by atoms with Crippen LogP contribution >= 0.6 is 22.9 Å². The molecule has 0 spiro atoms. The first-order valence-electron chi connectivity index (χ1n) is 10.9. The summed E-state index contributed by atoms with van der Waals surface area (Å²) in [6, 6.07) is 19.0. The van der Waals surface area contributed by atoms with Gasteiger partial charge in [0, 0.05) is 29.7 Å². The quantitative estimate of drug-likeness (QED) is 0.291. The fourth-order valence-corrected chi connectivity index (χ4v) is 4.45. The maximum Gasteiger partial charge on any atom is 0.251 e. The molecular formula is C26H28ClN3O3S. The number of anilines is 1. The molecule has 2 N–H and O–H groups in total. The van der Waals surface area contributed by atoms with Crippen LogP contribution in [0.15, 0.2) is 84.8 Å². The molecule has 8 heteroatoms. The molecule has 0 bridgehead atoms. The number of para-hydroxylation sites is 1. The van der Waals surface area contributed by atoms with E-state index in [2.05, 4.69) is 6.58 Å². The average molecular weight is 498 g/mol. The van der Waals surface area contributed by atoms with Crippen molar-refractivity contribution in [3.63, 3.8) is 0 Å². The van der Waals surface area contributed by atoms with Gasteiger partial charge in [-0.15, -0.1) is 29.5 Å². The normalized spacial score (nSPS) is 12.4. The molecule has 1 heterocycles. The van der Waals surface area contributed by atoms with Crippen LogP contribution in [-0.2, 0) is 9.59 Å². The maximum atomic E-state index is 13.8. The van der Waals surface area contributed by atoms with Crippen molar-refractivity contribution in [3.05, 3.63) is 89.6 Å². The Morgan fingerprint density at radius 2 is 1.76 bits per heavy atom. The summed E-state index contributed by atoms with van der Waals surface area (Å²) < 4.78 is 5.87. The summed E-state index contributed by atoms with van der Waals surface area (Å²) in [5.74, 6) is 0.405. The number of hydrogen-bond acceptors (Lipinski definition) is 5. The van der Waals surface area contributed by atoms with Gasteiger partial charge in [0.05, 0.1) is 0 Å². The Morgan fingerprint density at radius 3 is 2.32 bits per heavy atom. The van der Waals surface area contributed by atoms with Gasteiger partial charge in [-0.2, -0.15) is 0 Å². The summed E-state index contributed by atoms with van der Waals surface area (Å²) in [7, 11) is 0. The van der Waals surface area contributed by atoms with Gasteiger partial charge in [-0.1, -0.05) is 30.3 Å². The van der Waals surface area contributed by atoms with E-state index in [1.54, 1.807) is 35.2 Å². The Balaban J connectivity index is 2.00. The number of ether oxygens (including phenoxy) is 1. The third kappa shape index (κ3) is 6.05. The van der Waals surface area contributed by atoms with Crippen LogP contribution in [0.3, 0.4) is 0 Å². The van der Waals surface area contributed by atoms with Crippen LogP contribution in [0.25, 0.3) is 0 Å². The molecule has 0 radical (unpaired) electrons. The van der Waals surface area contributed by atoms with Crippen LogP contribution in [0.4, 0.5) is 5.69 Å². The topological polar surface area (TPSA) is 75.9 Å². The molecule has 2 amide bonds. The minimum absolute atomic E-state index is 0.234. The molecule has 178 valence electrons. The van der Waals surface area contributed by atoms with Crippen molar-refractivity contribution < 1.29 is 14.3 Å². The number of benzene rings is 2. The van der Waals surface area contributed by atoms with Crippen molar-refractivity contribution in [2.45, 2.75) is 19.0 Å². The first kappa shape index (κ1) is 25.5. The maximum absolute atomic E-state index is 13.8. The minimum atomic E-state index is -0.888. The molecule has 0 aliphatic carbocycles. The predicted octanol–water partition coefficient (Wildman–Crippen LogP) is 5.22. The number of amides is 2. The van der Waals surface area contributed by atoms with Crippen LogP contribution in [-0.4, -0.2) is 41.7 Å². The molecular weight excluding hydrogens is 470 g/mol. The molecule has 0 saturated carbocycles. The smallest absolute Gasteiger partial charge is 0.251 e. The van der Waals surface area contributed by atoms with Crippen molar-refractivity contribution in [1.29, 1.82) is 0 Å². The van der Waals surface area contributed by atoms with E-state index >= 15 is 0 Å². The van der Waals surface area contributed by atoms with Gasteiger partial charge in [-0.25, -0.2) is 0 Å². The van der Waals surface area contributed by atoms with Crippen LogP contribution in [0.5, 0.6) is 11.5 Å². The number of alkyl halides is 1. The van der Waals surface area contributed by atoms with Gasteiger partial charge in [0.2, 0.25) is 5.91 Å². The molecule has 2 aromatic carbocycles. The first-order valence-corrected chi connectivity index (χ1v) is 12.3. The third-order valence-corrected chi connectivity index (χ3v) is 6.42. The lowest BCUT2D eigenvalue weighted by Crippen LogP contribution is -2.50. The average Bonchev–Trinajstić information content (AvgIpc) is 3.40. The molecule has 1 aromatic heterocycles. The highest BCUT2D eigenvalue weighted by Crippen LogP contribution is 2.34. The second-order valence-electron chi connectivity index (χ2n) is 7.59. The van der Waals surface area contributed by atoms with Gasteiger partial charge in [-0.05, 0) is 54.8 Å². The zero-order valence-electron chi connectivity index (χ0n) is 19.0. The van der Waals surface area contributed by atoms with Gasteiger partial charge in [-0.3, -0.25) is 14.5 Å². The summed E-state index contributed by atoms with van der Waals surface area (Å²) in [5, 5.41) is 1.87. The summed E-state index contributed by atoms with van der Waals surface area (Å²) in [5.41, 5.74) is 6.41. The Bertz CT molecular complexity index is 1070. The second kappa shape index (κ2) is 12.4. The van der Waals surface area contributed by atoms with Gasteiger partial charge in [0.25, 0.3) is 5.91 Å². The molecule has 0 aliphatic heterocycles. The van der Waals surface area contributed by atoms with Crippen LogP contribution in [0.1, 0.15) is 17.8 Å². The van der Waals surface area contributed by atoms with Gasteiger partial charge in [0.15, 0.2) is 0 Å². The van der Waals surface area contributed by atoms with E-state index in [1.807, 2.05) is 54.8 Å². The zero-order chi connectivity index (χ0) is 24.5. The van der Waals surface area contributed by atoms with E-state index in [0.29, 0.717) is 23.7 Å². The third-order valence-electron chi connectivity index (χ3n) is 5.26. The Hall–Kier alpha value is -3.13. The first-order chi connectivity index (χ1) is 16.5.